The summed E-state index contributed by atoms with van der Waals surface area (Å²) >= 11 is 11.6. The standard InChI is InChI=1S/C11H12ClN5S/c1-6-4-7(2)9(12)8(5-6)10(18)13-11-14-15-16-17(11)3/h4-5H,1-3H3,(H,13,14,16,18). The van der Waals surface area contributed by atoms with Crippen molar-refractivity contribution in [2.45, 2.75) is 13.8 Å². The first-order chi connectivity index (χ1) is 8.49. The molecule has 0 saturated heterocycles. The molecular formula is C11H12ClN5S. The van der Waals surface area contributed by atoms with Crippen molar-refractivity contribution in [3.63, 3.8) is 0 Å². The number of aromatic nitrogens is 4. The number of hydrogen-bond donors (Lipinski definition) is 1. The van der Waals surface area contributed by atoms with Crippen LogP contribution in [0, 0.1) is 13.8 Å². The molecule has 0 unspecified atom stereocenters. The van der Waals surface area contributed by atoms with Crippen LogP contribution in [0.2, 0.25) is 5.02 Å². The monoisotopic (exact) mass is 281 g/mol. The van der Waals surface area contributed by atoms with E-state index in [9.17, 15) is 0 Å². The summed E-state index contributed by atoms with van der Waals surface area (Å²) in [5.41, 5.74) is 2.88. The smallest absolute Gasteiger partial charge is 0.247 e. The molecule has 0 aliphatic carbocycles. The van der Waals surface area contributed by atoms with Crippen molar-refractivity contribution >= 4 is 34.8 Å². The topological polar surface area (TPSA) is 55.6 Å². The van der Waals surface area contributed by atoms with Crippen molar-refractivity contribution in [1.29, 1.82) is 0 Å². The van der Waals surface area contributed by atoms with E-state index in [1.807, 2.05) is 26.0 Å². The van der Waals surface area contributed by atoms with Crippen molar-refractivity contribution in [1.82, 2.24) is 20.2 Å². The predicted octanol–water partition coefficient (Wildman–Crippen LogP) is 2.27. The van der Waals surface area contributed by atoms with Gasteiger partial charge in [0, 0.05) is 12.6 Å². The third kappa shape index (κ3) is 2.49. The van der Waals surface area contributed by atoms with Crippen molar-refractivity contribution < 1.29 is 0 Å². The lowest BCUT2D eigenvalue weighted by Gasteiger charge is -2.11. The Hall–Kier alpha value is -1.53. The lowest BCUT2D eigenvalue weighted by Crippen LogP contribution is -2.15. The first-order valence-electron chi connectivity index (χ1n) is 5.29. The Morgan fingerprint density at radius 2 is 2.11 bits per heavy atom. The van der Waals surface area contributed by atoms with E-state index in [4.69, 9.17) is 23.8 Å². The van der Waals surface area contributed by atoms with Gasteiger partial charge in [-0.05, 0) is 35.9 Å². The van der Waals surface area contributed by atoms with Crippen LogP contribution in [0.4, 0.5) is 5.95 Å². The van der Waals surface area contributed by atoms with Crippen LogP contribution in [0.3, 0.4) is 0 Å². The zero-order valence-corrected chi connectivity index (χ0v) is 11.8. The van der Waals surface area contributed by atoms with E-state index in [1.165, 1.54) is 4.68 Å². The SMILES string of the molecule is Cc1cc(C)c(Cl)c(C(=S)Nc2nnnn2C)c1. The van der Waals surface area contributed by atoms with Crippen LogP contribution in [0.5, 0.6) is 0 Å². The number of benzene rings is 1. The van der Waals surface area contributed by atoms with Gasteiger partial charge in [0.15, 0.2) is 0 Å². The molecule has 0 aliphatic rings. The van der Waals surface area contributed by atoms with E-state index in [-0.39, 0.29) is 0 Å². The number of tetrazole rings is 1. The van der Waals surface area contributed by atoms with Gasteiger partial charge in [0.25, 0.3) is 0 Å². The summed E-state index contributed by atoms with van der Waals surface area (Å²) in [4.78, 5) is 0.504. The van der Waals surface area contributed by atoms with E-state index in [1.54, 1.807) is 7.05 Å². The molecule has 1 aromatic heterocycles. The fourth-order valence-electron chi connectivity index (χ4n) is 1.62. The number of anilines is 1. The molecule has 0 radical (unpaired) electrons. The van der Waals surface area contributed by atoms with Gasteiger partial charge in [0.1, 0.15) is 4.99 Å². The first-order valence-corrected chi connectivity index (χ1v) is 6.08. The number of hydrogen-bond acceptors (Lipinski definition) is 4. The first kappa shape index (κ1) is 12.9. The van der Waals surface area contributed by atoms with Crippen LogP contribution in [0.15, 0.2) is 12.1 Å². The van der Waals surface area contributed by atoms with Gasteiger partial charge in [-0.2, -0.15) is 0 Å². The van der Waals surface area contributed by atoms with E-state index < -0.39 is 0 Å². The number of thiocarbonyl (C=S) groups is 1. The zero-order chi connectivity index (χ0) is 13.3. The summed E-state index contributed by atoms with van der Waals surface area (Å²) in [5.74, 6) is 0.482. The molecule has 5 nitrogen and oxygen atoms in total. The molecule has 1 aromatic carbocycles. The van der Waals surface area contributed by atoms with Crippen LogP contribution in [0.25, 0.3) is 0 Å². The van der Waals surface area contributed by atoms with Crippen molar-refractivity contribution in [2.24, 2.45) is 7.05 Å². The minimum Gasteiger partial charge on any atom is -0.313 e. The fraction of sp³-hybridized carbons (Fsp3) is 0.273. The molecule has 2 rings (SSSR count). The molecule has 7 heteroatoms. The van der Waals surface area contributed by atoms with E-state index >= 15 is 0 Å². The second-order valence-electron chi connectivity index (χ2n) is 4.02. The molecule has 0 fully saturated rings. The Bertz CT molecular complexity index is 607. The molecule has 94 valence electrons. The van der Waals surface area contributed by atoms with E-state index in [2.05, 4.69) is 20.8 Å². The molecule has 1 heterocycles. The quantitative estimate of drug-likeness (QED) is 0.856. The maximum absolute atomic E-state index is 6.25. The van der Waals surface area contributed by atoms with Crippen molar-refractivity contribution in [2.75, 3.05) is 5.32 Å². The Labute approximate surface area is 115 Å². The average molecular weight is 282 g/mol. The molecule has 18 heavy (non-hydrogen) atoms. The molecule has 0 aliphatic heterocycles. The van der Waals surface area contributed by atoms with Gasteiger partial charge >= 0.3 is 0 Å². The molecule has 1 N–H and O–H groups in total. The zero-order valence-electron chi connectivity index (χ0n) is 10.2. The predicted molar refractivity (Wildman–Crippen MR) is 75.0 cm³/mol. The van der Waals surface area contributed by atoms with Gasteiger partial charge in [-0.1, -0.05) is 40.5 Å². The minimum absolute atomic E-state index is 0.482. The minimum atomic E-state index is 0.482. The second kappa shape index (κ2) is 4.99. The third-order valence-corrected chi connectivity index (χ3v) is 3.31. The Kier molecular flexibility index (Phi) is 3.58. The number of nitrogens with one attached hydrogen (secondary N) is 1. The summed E-state index contributed by atoms with van der Waals surface area (Å²) in [7, 11) is 1.73. The van der Waals surface area contributed by atoms with Crippen LogP contribution in [-0.2, 0) is 7.05 Å². The maximum Gasteiger partial charge on any atom is 0.247 e. The lowest BCUT2D eigenvalue weighted by atomic mass is 10.1. The molecule has 0 bridgehead atoms. The second-order valence-corrected chi connectivity index (χ2v) is 4.81. The Balaban J connectivity index is 2.32. The summed E-state index contributed by atoms with van der Waals surface area (Å²) in [6.07, 6.45) is 0. The number of halogens is 1. The largest absolute Gasteiger partial charge is 0.313 e. The summed E-state index contributed by atoms with van der Waals surface area (Å²) in [6.45, 7) is 3.95. The molecule has 0 spiro atoms. The van der Waals surface area contributed by atoms with Gasteiger partial charge in [-0.15, -0.1) is 0 Å². The van der Waals surface area contributed by atoms with Crippen LogP contribution in [-0.4, -0.2) is 25.2 Å². The van der Waals surface area contributed by atoms with Gasteiger partial charge < -0.3 is 5.32 Å². The summed E-state index contributed by atoms with van der Waals surface area (Å²) in [5, 5.41) is 14.7. The molecule has 0 amide bonds. The van der Waals surface area contributed by atoms with Crippen molar-refractivity contribution in [3.05, 3.63) is 33.8 Å². The highest BCUT2D eigenvalue weighted by atomic mass is 35.5. The van der Waals surface area contributed by atoms with Gasteiger partial charge in [-0.25, -0.2) is 4.68 Å². The van der Waals surface area contributed by atoms with Crippen molar-refractivity contribution in [3.8, 4) is 0 Å². The highest BCUT2D eigenvalue weighted by Gasteiger charge is 2.12. The van der Waals surface area contributed by atoms with Gasteiger partial charge in [-0.3, -0.25) is 0 Å². The van der Waals surface area contributed by atoms with E-state index in [0.717, 1.165) is 16.7 Å². The summed E-state index contributed by atoms with van der Waals surface area (Å²) in [6, 6.07) is 3.95. The highest BCUT2D eigenvalue weighted by molar-refractivity contribution is 7.81. The number of nitrogens with zero attached hydrogens (tertiary/aromatic N) is 4. The maximum atomic E-state index is 6.25. The number of aryl methyl sites for hydroxylation is 3. The van der Waals surface area contributed by atoms with Crippen LogP contribution < -0.4 is 5.32 Å². The lowest BCUT2D eigenvalue weighted by molar-refractivity contribution is 0.716. The highest BCUT2D eigenvalue weighted by Crippen LogP contribution is 2.23. The van der Waals surface area contributed by atoms with Crippen LogP contribution in [0.1, 0.15) is 16.7 Å². The Morgan fingerprint density at radius 3 is 2.72 bits per heavy atom. The summed E-state index contributed by atoms with van der Waals surface area (Å²) < 4.78 is 1.50. The molecule has 0 atom stereocenters. The number of rotatable bonds is 2. The van der Waals surface area contributed by atoms with Crippen LogP contribution >= 0.6 is 23.8 Å². The average Bonchev–Trinajstić information content (AvgIpc) is 2.69. The normalized spacial score (nSPS) is 10.4. The fourth-order valence-corrected chi connectivity index (χ4v) is 2.13. The van der Waals surface area contributed by atoms with E-state index in [0.29, 0.717) is 16.0 Å². The molecule has 2 aromatic rings. The molecule has 0 saturated carbocycles. The van der Waals surface area contributed by atoms with Gasteiger partial charge in [0.05, 0.1) is 5.02 Å². The third-order valence-electron chi connectivity index (χ3n) is 2.49. The molecular weight excluding hydrogens is 270 g/mol. The van der Waals surface area contributed by atoms with Gasteiger partial charge in [0.2, 0.25) is 5.95 Å². The Morgan fingerprint density at radius 1 is 1.39 bits per heavy atom.